The van der Waals surface area contributed by atoms with E-state index in [-0.39, 0.29) is 6.10 Å². The van der Waals surface area contributed by atoms with Gasteiger partial charge in [-0.05, 0) is 55.4 Å². The first-order valence-corrected chi connectivity index (χ1v) is 4.94. The van der Waals surface area contributed by atoms with Crippen molar-refractivity contribution in [3.05, 3.63) is 34.4 Å². The molecule has 0 amide bonds. The molecule has 0 saturated carbocycles. The molecule has 2 rings (SSSR count). The predicted molar refractivity (Wildman–Crippen MR) is 53.9 cm³/mol. The molecule has 1 unspecified atom stereocenters. The van der Waals surface area contributed by atoms with E-state index in [0.29, 0.717) is 0 Å². The Morgan fingerprint density at radius 1 is 1.15 bits per heavy atom. The van der Waals surface area contributed by atoms with Crippen molar-refractivity contribution in [3.8, 4) is 0 Å². The number of rotatable bonds is 0. The Bertz CT molecular complexity index is 328. The number of aliphatic hydroxyl groups is 1. The average molecular weight is 176 g/mol. The van der Waals surface area contributed by atoms with E-state index in [1.165, 1.54) is 22.3 Å². The van der Waals surface area contributed by atoms with Crippen LogP contribution in [0.5, 0.6) is 0 Å². The summed E-state index contributed by atoms with van der Waals surface area (Å²) in [7, 11) is 0. The Morgan fingerprint density at radius 2 is 1.77 bits per heavy atom. The van der Waals surface area contributed by atoms with Crippen molar-refractivity contribution >= 4 is 0 Å². The Morgan fingerprint density at radius 3 is 2.46 bits per heavy atom. The Labute approximate surface area is 79.4 Å². The van der Waals surface area contributed by atoms with Gasteiger partial charge in [0, 0.05) is 0 Å². The van der Waals surface area contributed by atoms with Crippen molar-refractivity contribution in [3.63, 3.8) is 0 Å². The van der Waals surface area contributed by atoms with Crippen molar-refractivity contribution in [2.45, 2.75) is 39.2 Å². The van der Waals surface area contributed by atoms with Crippen LogP contribution in [-0.4, -0.2) is 11.2 Å². The monoisotopic (exact) mass is 176 g/mol. The average Bonchev–Trinajstić information content (AvgIpc) is 2.12. The molecular formula is C12H16O. The van der Waals surface area contributed by atoms with Crippen LogP contribution in [0.3, 0.4) is 0 Å². The smallest absolute Gasteiger partial charge is 0.0583 e. The van der Waals surface area contributed by atoms with Crippen LogP contribution in [0, 0.1) is 13.8 Å². The van der Waals surface area contributed by atoms with Crippen LogP contribution in [0.25, 0.3) is 0 Å². The SMILES string of the molecule is Cc1ccc(C)c2c1CCC(O)C2. The summed E-state index contributed by atoms with van der Waals surface area (Å²) in [4.78, 5) is 0. The lowest BCUT2D eigenvalue weighted by Gasteiger charge is -2.24. The molecule has 1 aliphatic rings. The maximum atomic E-state index is 9.57. The Hall–Kier alpha value is -0.820. The van der Waals surface area contributed by atoms with Gasteiger partial charge in [0.05, 0.1) is 6.10 Å². The molecule has 0 aliphatic heterocycles. The van der Waals surface area contributed by atoms with Crippen LogP contribution in [0.2, 0.25) is 0 Å². The summed E-state index contributed by atoms with van der Waals surface area (Å²) in [5.41, 5.74) is 5.58. The summed E-state index contributed by atoms with van der Waals surface area (Å²) >= 11 is 0. The summed E-state index contributed by atoms with van der Waals surface area (Å²) in [5.74, 6) is 0. The minimum Gasteiger partial charge on any atom is -0.393 e. The molecular weight excluding hydrogens is 160 g/mol. The van der Waals surface area contributed by atoms with Gasteiger partial charge >= 0.3 is 0 Å². The summed E-state index contributed by atoms with van der Waals surface area (Å²) in [6.45, 7) is 4.30. The van der Waals surface area contributed by atoms with Crippen molar-refractivity contribution in [1.29, 1.82) is 0 Å². The number of fused-ring (bicyclic) bond motifs is 1. The second-order valence-electron chi connectivity index (χ2n) is 4.05. The number of hydrogen-bond acceptors (Lipinski definition) is 1. The van der Waals surface area contributed by atoms with Gasteiger partial charge in [-0.15, -0.1) is 0 Å². The maximum Gasteiger partial charge on any atom is 0.0583 e. The van der Waals surface area contributed by atoms with E-state index >= 15 is 0 Å². The fraction of sp³-hybridized carbons (Fsp3) is 0.500. The zero-order valence-corrected chi connectivity index (χ0v) is 8.30. The number of benzene rings is 1. The summed E-state index contributed by atoms with van der Waals surface area (Å²) < 4.78 is 0. The molecule has 1 N–H and O–H groups in total. The molecule has 0 radical (unpaired) electrons. The number of aryl methyl sites for hydroxylation is 2. The second-order valence-corrected chi connectivity index (χ2v) is 4.05. The van der Waals surface area contributed by atoms with E-state index in [4.69, 9.17) is 0 Å². The molecule has 1 aromatic carbocycles. The molecule has 1 atom stereocenters. The highest BCUT2D eigenvalue weighted by atomic mass is 16.3. The fourth-order valence-corrected chi connectivity index (χ4v) is 2.21. The zero-order valence-electron chi connectivity index (χ0n) is 8.30. The van der Waals surface area contributed by atoms with Crippen molar-refractivity contribution in [2.75, 3.05) is 0 Å². The molecule has 0 heterocycles. The van der Waals surface area contributed by atoms with Gasteiger partial charge in [-0.3, -0.25) is 0 Å². The van der Waals surface area contributed by atoms with Crippen LogP contribution >= 0.6 is 0 Å². The summed E-state index contributed by atoms with van der Waals surface area (Å²) in [5, 5.41) is 9.57. The third kappa shape index (κ3) is 1.49. The van der Waals surface area contributed by atoms with Gasteiger partial charge in [0.25, 0.3) is 0 Å². The van der Waals surface area contributed by atoms with E-state index < -0.39 is 0 Å². The fourth-order valence-electron chi connectivity index (χ4n) is 2.21. The van der Waals surface area contributed by atoms with Crippen LogP contribution in [0.4, 0.5) is 0 Å². The standard InChI is InChI=1S/C12H16O/c1-8-3-4-9(2)12-7-10(13)5-6-11(8)12/h3-4,10,13H,5-7H2,1-2H3. The molecule has 0 bridgehead atoms. The molecule has 70 valence electrons. The van der Waals surface area contributed by atoms with E-state index in [1.54, 1.807) is 0 Å². The highest BCUT2D eigenvalue weighted by Crippen LogP contribution is 2.26. The van der Waals surface area contributed by atoms with Gasteiger partial charge < -0.3 is 5.11 Å². The zero-order chi connectivity index (χ0) is 9.42. The van der Waals surface area contributed by atoms with Crippen LogP contribution in [0.15, 0.2) is 12.1 Å². The van der Waals surface area contributed by atoms with Crippen LogP contribution < -0.4 is 0 Å². The van der Waals surface area contributed by atoms with Crippen molar-refractivity contribution < 1.29 is 5.11 Å². The Balaban J connectivity index is 2.51. The van der Waals surface area contributed by atoms with Crippen LogP contribution in [-0.2, 0) is 12.8 Å². The molecule has 1 aliphatic carbocycles. The molecule has 13 heavy (non-hydrogen) atoms. The van der Waals surface area contributed by atoms with Gasteiger partial charge in [0.1, 0.15) is 0 Å². The van der Waals surface area contributed by atoms with Crippen LogP contribution in [0.1, 0.15) is 28.7 Å². The lowest BCUT2D eigenvalue weighted by molar-refractivity contribution is 0.158. The lowest BCUT2D eigenvalue weighted by Crippen LogP contribution is -2.20. The first kappa shape index (κ1) is 8.76. The van der Waals surface area contributed by atoms with Gasteiger partial charge in [-0.1, -0.05) is 12.1 Å². The molecule has 1 aromatic rings. The van der Waals surface area contributed by atoms with Gasteiger partial charge in [0.15, 0.2) is 0 Å². The molecule has 0 aromatic heterocycles. The normalized spacial score (nSPS) is 21.3. The van der Waals surface area contributed by atoms with E-state index in [9.17, 15) is 5.11 Å². The molecule has 0 spiro atoms. The highest BCUT2D eigenvalue weighted by Gasteiger charge is 2.18. The molecule has 1 nitrogen and oxygen atoms in total. The highest BCUT2D eigenvalue weighted by molar-refractivity contribution is 5.41. The number of hydrogen-bond donors (Lipinski definition) is 1. The first-order valence-electron chi connectivity index (χ1n) is 4.94. The third-order valence-corrected chi connectivity index (χ3v) is 3.07. The summed E-state index contributed by atoms with van der Waals surface area (Å²) in [6, 6.07) is 4.35. The van der Waals surface area contributed by atoms with E-state index in [2.05, 4.69) is 26.0 Å². The van der Waals surface area contributed by atoms with E-state index in [0.717, 1.165) is 19.3 Å². The predicted octanol–water partition coefficient (Wildman–Crippen LogP) is 2.15. The minimum absolute atomic E-state index is 0.118. The molecule has 0 fully saturated rings. The van der Waals surface area contributed by atoms with Crippen molar-refractivity contribution in [1.82, 2.24) is 0 Å². The largest absolute Gasteiger partial charge is 0.393 e. The maximum absolute atomic E-state index is 9.57. The Kier molecular flexibility index (Phi) is 2.12. The van der Waals surface area contributed by atoms with Gasteiger partial charge in [-0.25, -0.2) is 0 Å². The minimum atomic E-state index is -0.118. The van der Waals surface area contributed by atoms with Crippen molar-refractivity contribution in [2.24, 2.45) is 0 Å². The quantitative estimate of drug-likeness (QED) is 0.642. The number of aliphatic hydroxyl groups excluding tert-OH is 1. The topological polar surface area (TPSA) is 20.2 Å². The lowest BCUT2D eigenvalue weighted by atomic mass is 9.84. The molecule has 0 saturated heterocycles. The van der Waals surface area contributed by atoms with Gasteiger partial charge in [0.2, 0.25) is 0 Å². The second kappa shape index (κ2) is 3.15. The first-order chi connectivity index (χ1) is 6.18. The molecule has 1 heteroatoms. The van der Waals surface area contributed by atoms with Gasteiger partial charge in [-0.2, -0.15) is 0 Å². The summed E-state index contributed by atoms with van der Waals surface area (Å²) in [6.07, 6.45) is 2.71. The third-order valence-electron chi connectivity index (χ3n) is 3.07. The van der Waals surface area contributed by atoms with E-state index in [1.807, 2.05) is 0 Å².